The van der Waals surface area contributed by atoms with Crippen molar-refractivity contribution >= 4 is 33.7 Å². The highest BCUT2D eigenvalue weighted by Gasteiger charge is 2.34. The maximum Gasteiger partial charge on any atom is 0.203 e. The number of aromatic nitrogens is 1. The molecule has 2 heterocycles. The molecule has 1 aromatic heterocycles. The van der Waals surface area contributed by atoms with E-state index in [4.69, 9.17) is 18.7 Å². The van der Waals surface area contributed by atoms with Crippen molar-refractivity contribution in [1.82, 2.24) is 10.1 Å². The number of carbonyl (C=O) groups excluding carboxylic acids is 1. The van der Waals surface area contributed by atoms with Crippen LogP contribution in [0.15, 0.2) is 71.3 Å². The van der Waals surface area contributed by atoms with Crippen LogP contribution in [0.25, 0.3) is 22.2 Å². The summed E-state index contributed by atoms with van der Waals surface area (Å²) in [4.78, 5) is 18.5. The van der Waals surface area contributed by atoms with Crippen molar-refractivity contribution < 1.29 is 27.9 Å². The van der Waals surface area contributed by atoms with E-state index >= 15 is 0 Å². The summed E-state index contributed by atoms with van der Waals surface area (Å²) in [6.45, 7) is 3.71. The van der Waals surface area contributed by atoms with Crippen LogP contribution in [-0.4, -0.2) is 63.3 Å². The maximum atomic E-state index is 13.9. The molecular formula is C34H31FN4O5. The number of halogens is 1. The first-order valence-electron chi connectivity index (χ1n) is 14.4. The Labute approximate surface area is 253 Å². The molecule has 7 rings (SSSR count). The minimum atomic E-state index is -0.331. The van der Waals surface area contributed by atoms with E-state index in [-0.39, 0.29) is 11.6 Å². The molecule has 4 aromatic carbocycles. The van der Waals surface area contributed by atoms with Crippen molar-refractivity contribution in [2.75, 3.05) is 57.7 Å². The highest BCUT2D eigenvalue weighted by atomic mass is 19.1. The molecule has 2 aliphatic rings. The predicted molar refractivity (Wildman–Crippen MR) is 166 cm³/mol. The van der Waals surface area contributed by atoms with Crippen molar-refractivity contribution in [3.05, 3.63) is 89.2 Å². The first-order valence-corrected chi connectivity index (χ1v) is 14.4. The Bertz CT molecular complexity index is 1880. The van der Waals surface area contributed by atoms with Crippen LogP contribution >= 0.6 is 0 Å². The molecule has 1 N–H and O–H groups in total. The third-order valence-electron chi connectivity index (χ3n) is 8.39. The largest absolute Gasteiger partial charge is 0.493 e. The fourth-order valence-corrected chi connectivity index (χ4v) is 6.25. The minimum absolute atomic E-state index is 0.105. The summed E-state index contributed by atoms with van der Waals surface area (Å²) in [5, 5.41) is 8.57. The second-order valence-corrected chi connectivity index (χ2v) is 10.8. The summed E-state index contributed by atoms with van der Waals surface area (Å²) < 4.78 is 36.3. The van der Waals surface area contributed by atoms with Gasteiger partial charge in [-0.1, -0.05) is 35.5 Å². The second kappa shape index (κ2) is 11.2. The first-order chi connectivity index (χ1) is 21.5. The normalized spacial score (nSPS) is 14.5. The van der Waals surface area contributed by atoms with Gasteiger partial charge in [0.1, 0.15) is 11.3 Å². The molecule has 224 valence electrons. The van der Waals surface area contributed by atoms with E-state index in [0.717, 1.165) is 43.0 Å². The number of benzene rings is 4. The van der Waals surface area contributed by atoms with Gasteiger partial charge in [0.2, 0.25) is 5.75 Å². The van der Waals surface area contributed by atoms with Gasteiger partial charge in [-0.15, -0.1) is 0 Å². The summed E-state index contributed by atoms with van der Waals surface area (Å²) in [6, 6.07) is 19.4. The van der Waals surface area contributed by atoms with E-state index in [9.17, 15) is 9.18 Å². The number of carbonyl (C=O) groups is 1. The molecule has 44 heavy (non-hydrogen) atoms. The third kappa shape index (κ3) is 4.58. The van der Waals surface area contributed by atoms with Crippen molar-refractivity contribution in [2.24, 2.45) is 0 Å². The lowest BCUT2D eigenvalue weighted by atomic mass is 9.86. The van der Waals surface area contributed by atoms with Crippen molar-refractivity contribution in [2.45, 2.75) is 6.54 Å². The molecule has 0 amide bonds. The Morgan fingerprint density at radius 2 is 1.61 bits per heavy atom. The number of methoxy groups -OCH3 is 3. The van der Waals surface area contributed by atoms with Crippen LogP contribution in [0.3, 0.4) is 0 Å². The Morgan fingerprint density at radius 1 is 0.886 bits per heavy atom. The number of piperazine rings is 1. The lowest BCUT2D eigenvalue weighted by molar-refractivity contribution is 0.104. The fraction of sp³-hybridized carbons (Fsp3) is 0.235. The predicted octanol–water partition coefficient (Wildman–Crippen LogP) is 6.27. The van der Waals surface area contributed by atoms with Crippen molar-refractivity contribution in [3.63, 3.8) is 0 Å². The van der Waals surface area contributed by atoms with Crippen LogP contribution < -0.4 is 24.4 Å². The van der Waals surface area contributed by atoms with Crippen LogP contribution in [0.4, 0.5) is 21.5 Å². The number of nitrogens with zero attached hydrogens (tertiary/aromatic N) is 3. The lowest BCUT2D eigenvalue weighted by Gasteiger charge is -2.36. The number of anilines is 3. The molecule has 0 saturated carbocycles. The van der Waals surface area contributed by atoms with Gasteiger partial charge >= 0.3 is 0 Å². The summed E-state index contributed by atoms with van der Waals surface area (Å²) in [5.74, 6) is 2.01. The minimum Gasteiger partial charge on any atom is -0.493 e. The van der Waals surface area contributed by atoms with E-state index in [1.54, 1.807) is 39.5 Å². The van der Waals surface area contributed by atoms with Gasteiger partial charge in [-0.3, -0.25) is 9.69 Å². The van der Waals surface area contributed by atoms with Gasteiger partial charge in [-0.05, 0) is 36.4 Å². The van der Waals surface area contributed by atoms with Gasteiger partial charge < -0.3 is 29.0 Å². The van der Waals surface area contributed by atoms with Gasteiger partial charge in [-0.25, -0.2) is 4.39 Å². The van der Waals surface area contributed by atoms with Crippen LogP contribution in [0, 0.1) is 5.82 Å². The van der Waals surface area contributed by atoms with Gasteiger partial charge in [0.05, 0.1) is 43.7 Å². The van der Waals surface area contributed by atoms with Gasteiger partial charge in [0.15, 0.2) is 23.0 Å². The second-order valence-electron chi connectivity index (χ2n) is 10.8. The van der Waals surface area contributed by atoms with E-state index in [1.165, 1.54) is 12.1 Å². The molecular weight excluding hydrogens is 563 g/mol. The maximum absolute atomic E-state index is 13.9. The molecule has 1 fully saturated rings. The molecule has 1 saturated heterocycles. The SMILES string of the molecule is COc1ccc(CN2CCN(c3cc(Nc4ccc(F)cc4)c4c5c(onc35)-c3ccccc3C4=O)CC2)c(OC)c1OC. The van der Waals surface area contributed by atoms with E-state index in [2.05, 4.69) is 20.3 Å². The molecule has 0 bridgehead atoms. The highest BCUT2D eigenvalue weighted by molar-refractivity contribution is 6.28. The molecule has 1 aliphatic heterocycles. The van der Waals surface area contributed by atoms with Crippen molar-refractivity contribution in [3.8, 4) is 28.6 Å². The highest BCUT2D eigenvalue weighted by Crippen LogP contribution is 2.46. The average molecular weight is 595 g/mol. The molecule has 0 spiro atoms. The topological polar surface area (TPSA) is 89.3 Å². The summed E-state index contributed by atoms with van der Waals surface area (Å²) in [5.41, 5.74) is 5.63. The zero-order valence-corrected chi connectivity index (χ0v) is 24.6. The van der Waals surface area contributed by atoms with Crippen LogP contribution in [0.1, 0.15) is 21.5 Å². The Balaban J connectivity index is 1.22. The van der Waals surface area contributed by atoms with Crippen LogP contribution in [-0.2, 0) is 6.54 Å². The fourth-order valence-electron chi connectivity index (χ4n) is 6.25. The molecule has 9 nitrogen and oxygen atoms in total. The van der Waals surface area contributed by atoms with Crippen LogP contribution in [0.5, 0.6) is 17.2 Å². The molecule has 5 aromatic rings. The monoisotopic (exact) mass is 594 g/mol. The molecule has 0 radical (unpaired) electrons. The summed E-state index contributed by atoms with van der Waals surface area (Å²) in [7, 11) is 4.85. The van der Waals surface area contributed by atoms with E-state index < -0.39 is 0 Å². The van der Waals surface area contributed by atoms with Gasteiger partial charge in [0.25, 0.3) is 0 Å². The Kier molecular flexibility index (Phi) is 7.06. The Hall–Kier alpha value is -5.09. The smallest absolute Gasteiger partial charge is 0.203 e. The Morgan fingerprint density at radius 3 is 2.32 bits per heavy atom. The molecule has 0 atom stereocenters. The number of ether oxygens (including phenoxy) is 3. The standard InChI is InChI=1S/C34H31FN4O5/c1-41-27-13-8-20(32(42-2)34(27)43-3)19-38-14-16-39(17-15-38)26-18-25(36-22-11-9-21(35)10-12-22)28-29-30(26)37-44-33(29)24-7-5-4-6-23(24)31(28)40/h4-13,18,36H,14-17,19H2,1-3H3. The van der Waals surface area contributed by atoms with Gasteiger partial charge in [-0.2, -0.15) is 0 Å². The van der Waals surface area contributed by atoms with Crippen LogP contribution in [0.2, 0.25) is 0 Å². The van der Waals surface area contributed by atoms with E-state index in [0.29, 0.717) is 63.0 Å². The summed E-state index contributed by atoms with van der Waals surface area (Å²) in [6.07, 6.45) is 0. The zero-order valence-electron chi connectivity index (χ0n) is 24.6. The number of ketones is 1. The van der Waals surface area contributed by atoms with Gasteiger partial charge in [0, 0.05) is 55.1 Å². The molecule has 0 unspecified atom stereocenters. The number of fused-ring (bicyclic) bond motifs is 2. The average Bonchev–Trinajstić information content (AvgIpc) is 3.50. The lowest BCUT2D eigenvalue weighted by Crippen LogP contribution is -2.46. The number of hydrogen-bond donors (Lipinski definition) is 1. The molecule has 10 heteroatoms. The third-order valence-corrected chi connectivity index (χ3v) is 8.39. The zero-order chi connectivity index (χ0) is 30.4. The van der Waals surface area contributed by atoms with E-state index in [1.807, 2.05) is 36.4 Å². The number of rotatable bonds is 8. The van der Waals surface area contributed by atoms with Crippen molar-refractivity contribution in [1.29, 1.82) is 0 Å². The number of nitrogens with one attached hydrogen (secondary N) is 1. The molecule has 1 aliphatic carbocycles. The quantitative estimate of drug-likeness (QED) is 0.219. The first kappa shape index (κ1) is 27.7. The number of hydrogen-bond acceptors (Lipinski definition) is 9. The summed E-state index contributed by atoms with van der Waals surface area (Å²) >= 11 is 0.